The van der Waals surface area contributed by atoms with Crippen molar-refractivity contribution in [2.75, 3.05) is 53.0 Å². The second-order valence-corrected chi connectivity index (χ2v) is 24.0. The minimum absolute atomic E-state index is 0.0356. The molecule has 7 aliphatic rings. The van der Waals surface area contributed by atoms with Crippen LogP contribution in [0, 0.1) is 22.7 Å². The zero-order valence-corrected chi connectivity index (χ0v) is 44.1. The highest BCUT2D eigenvalue weighted by molar-refractivity contribution is 7.10. The van der Waals surface area contributed by atoms with E-state index in [1.165, 1.54) is 24.2 Å². The van der Waals surface area contributed by atoms with Crippen molar-refractivity contribution in [2.24, 2.45) is 22.7 Å². The predicted molar refractivity (Wildman–Crippen MR) is 278 cm³/mol. The Morgan fingerprint density at radius 1 is 1.00 bits per heavy atom. The van der Waals surface area contributed by atoms with E-state index < -0.39 is 23.5 Å². The number of hydrogen-bond donors (Lipinski definition) is 2. The number of benzene rings is 1. The third-order valence-corrected chi connectivity index (χ3v) is 18.4. The summed E-state index contributed by atoms with van der Waals surface area (Å²) in [6, 6.07) is 9.08. The molecule has 16 heteroatoms. The molecule has 8 atom stereocenters. The average molecular weight is 1000 g/mol. The van der Waals surface area contributed by atoms with Crippen LogP contribution in [0.2, 0.25) is 0 Å². The number of pyridine rings is 1. The molecule has 1 spiro atoms. The summed E-state index contributed by atoms with van der Waals surface area (Å²) < 4.78 is 14.4. The molecule has 0 radical (unpaired) electrons. The van der Waals surface area contributed by atoms with E-state index in [1.807, 2.05) is 19.2 Å². The van der Waals surface area contributed by atoms with E-state index >= 15 is 4.79 Å². The van der Waals surface area contributed by atoms with Gasteiger partial charge >= 0.3 is 5.97 Å². The Labute approximate surface area is 428 Å². The number of methoxy groups -OCH3 is 1. The first kappa shape index (κ1) is 49.5. The molecular formula is C56H75N9O6S. The van der Waals surface area contributed by atoms with Gasteiger partial charge in [0.1, 0.15) is 18.1 Å². The Morgan fingerprint density at radius 3 is 2.57 bits per heavy atom. The van der Waals surface area contributed by atoms with Crippen molar-refractivity contribution < 1.29 is 28.7 Å². The van der Waals surface area contributed by atoms with Crippen LogP contribution in [0.5, 0.6) is 0 Å². The van der Waals surface area contributed by atoms with Gasteiger partial charge in [-0.2, -0.15) is 0 Å². The molecule has 386 valence electrons. The molecule has 72 heavy (non-hydrogen) atoms. The van der Waals surface area contributed by atoms with Crippen LogP contribution in [0.4, 0.5) is 0 Å². The highest BCUT2D eigenvalue weighted by Crippen LogP contribution is 2.49. The lowest BCUT2D eigenvalue weighted by Crippen LogP contribution is -2.62. The fourth-order valence-corrected chi connectivity index (χ4v) is 14.4. The monoisotopic (exact) mass is 1000 g/mol. The van der Waals surface area contributed by atoms with E-state index in [-0.39, 0.29) is 54.4 Å². The number of amides is 3. The first-order valence-corrected chi connectivity index (χ1v) is 28.1. The lowest BCUT2D eigenvalue weighted by atomic mass is 9.84. The standard InChI is InChI=1S/C56H75N9O6S/c1-7-63-44-20-19-37-27-39(44)40(49(63)38-15-11-23-57-46(38)34(3)70-6)29-55(4,5)33-71-54(69)41-16-12-24-65(60-41)52(67)42(28-45-58-43(37)30-72-45)59-51(66)48(35-13-9-10-14-35)61-25-21-56(31-61)22-26-62(32-56)53(68)50-47(36-17-18-36)64(50)8-2/h11,15,19-20,23,27,30,34-36,41-42,47-48,50,60H,7-10,12-14,16-18,21-22,24-26,28-29,31-33H2,1-6H3,(H,59,66)/t34-,41-,42-,47?,48?,50+,56-,64?/m0/s1. The van der Waals surface area contributed by atoms with Crippen LogP contribution >= 0.6 is 11.3 Å². The van der Waals surface area contributed by atoms with Crippen LogP contribution in [0.15, 0.2) is 41.9 Å². The summed E-state index contributed by atoms with van der Waals surface area (Å²) >= 11 is 1.50. The van der Waals surface area contributed by atoms with Crippen LogP contribution in [0.1, 0.15) is 121 Å². The number of hydrogen-bond acceptors (Lipinski definition) is 12. The number of hydrazine groups is 1. The summed E-state index contributed by atoms with van der Waals surface area (Å²) in [6.07, 6.45) is 12.0. The van der Waals surface area contributed by atoms with Gasteiger partial charge < -0.3 is 24.3 Å². The Morgan fingerprint density at radius 2 is 1.81 bits per heavy atom. The minimum Gasteiger partial charge on any atom is -0.464 e. The molecule has 4 saturated heterocycles. The van der Waals surface area contributed by atoms with Gasteiger partial charge in [-0.05, 0) is 126 Å². The molecule has 6 bridgehead atoms. The predicted octanol–water partition coefficient (Wildman–Crippen LogP) is 7.17. The molecule has 6 fully saturated rings. The van der Waals surface area contributed by atoms with Crippen molar-refractivity contribution in [3.05, 3.63) is 58.2 Å². The molecule has 3 aromatic heterocycles. The van der Waals surface area contributed by atoms with Gasteiger partial charge in [0.15, 0.2) is 0 Å². The summed E-state index contributed by atoms with van der Waals surface area (Å²) in [5.41, 5.74) is 9.69. The normalized spacial score (nSPS) is 28.9. The maximum absolute atomic E-state index is 15.2. The number of likely N-dealkylation sites (tertiary alicyclic amines) is 2. The number of carbonyl (C=O) groups excluding carboxylic acids is 4. The maximum Gasteiger partial charge on any atom is 0.324 e. The number of aromatic nitrogens is 3. The molecular weight excluding hydrogens is 927 g/mol. The van der Waals surface area contributed by atoms with Crippen molar-refractivity contribution in [1.82, 2.24) is 45.0 Å². The first-order chi connectivity index (χ1) is 34.8. The third kappa shape index (κ3) is 9.41. The van der Waals surface area contributed by atoms with Gasteiger partial charge in [-0.25, -0.2) is 10.4 Å². The Kier molecular flexibility index (Phi) is 13.6. The molecule has 3 amide bonds. The van der Waals surface area contributed by atoms with Gasteiger partial charge in [-0.3, -0.25) is 39.0 Å². The van der Waals surface area contributed by atoms with Gasteiger partial charge in [0, 0.05) is 96.7 Å². The van der Waals surface area contributed by atoms with E-state index in [1.54, 1.807) is 12.1 Å². The largest absolute Gasteiger partial charge is 0.464 e. The van der Waals surface area contributed by atoms with Crippen molar-refractivity contribution in [2.45, 2.75) is 155 Å². The van der Waals surface area contributed by atoms with Gasteiger partial charge in [-0.15, -0.1) is 11.3 Å². The number of rotatable bonds is 11. The number of ether oxygens (including phenoxy) is 2. The number of cyclic esters (lactones) is 1. The number of aryl methyl sites for hydroxylation is 1. The molecule has 2 saturated carbocycles. The molecule has 11 rings (SSSR count). The van der Waals surface area contributed by atoms with Crippen LogP contribution in [-0.2, 0) is 48.0 Å². The highest BCUT2D eigenvalue weighted by atomic mass is 32.1. The zero-order valence-electron chi connectivity index (χ0n) is 43.3. The fraction of sp³-hybridized carbons (Fsp3) is 0.643. The molecule has 2 N–H and O–H groups in total. The molecule has 8 heterocycles. The summed E-state index contributed by atoms with van der Waals surface area (Å²) in [5, 5.41) is 8.79. The second-order valence-electron chi connectivity index (χ2n) is 23.1. The van der Waals surface area contributed by atoms with Crippen molar-refractivity contribution in [3.8, 4) is 22.5 Å². The van der Waals surface area contributed by atoms with Crippen molar-refractivity contribution >= 4 is 45.9 Å². The van der Waals surface area contributed by atoms with Gasteiger partial charge in [0.05, 0.1) is 40.8 Å². The molecule has 5 aliphatic heterocycles. The smallest absolute Gasteiger partial charge is 0.324 e. The number of nitrogens with zero attached hydrogens (tertiary/aromatic N) is 7. The third-order valence-electron chi connectivity index (χ3n) is 17.6. The minimum atomic E-state index is -0.922. The molecule has 2 aliphatic carbocycles. The Hall–Kier alpha value is -4.74. The van der Waals surface area contributed by atoms with Crippen LogP contribution in [-0.4, -0.2) is 141 Å². The van der Waals surface area contributed by atoms with E-state index in [0.717, 1.165) is 127 Å². The first-order valence-electron chi connectivity index (χ1n) is 27.2. The summed E-state index contributed by atoms with van der Waals surface area (Å²) in [5.74, 6) is 0.366. The quantitative estimate of drug-likeness (QED) is 0.116. The molecule has 15 nitrogen and oxygen atoms in total. The number of fused-ring (bicyclic) bond motifs is 6. The molecule has 3 unspecified atom stereocenters. The van der Waals surface area contributed by atoms with Gasteiger partial charge in [-0.1, -0.05) is 39.7 Å². The van der Waals surface area contributed by atoms with Gasteiger partial charge in [0.2, 0.25) is 11.8 Å². The Balaban J connectivity index is 0.899. The summed E-state index contributed by atoms with van der Waals surface area (Å²) in [4.78, 5) is 75.2. The van der Waals surface area contributed by atoms with E-state index in [9.17, 15) is 14.4 Å². The van der Waals surface area contributed by atoms with Gasteiger partial charge in [0.25, 0.3) is 5.91 Å². The fourth-order valence-electron chi connectivity index (χ4n) is 13.6. The SMILES string of the molecule is CCN1C(C2CC2)[C@@H]1C(=O)N1CC[C@]2(CCN(C(C(=O)N[C@H]3Cc4nc(cs4)-c4ccc5c(c4)c(c(-c4cccnc4[C@H](C)OC)n5CC)CC(C)(C)COC(=O)[C@@H]4CCCN(N4)C3=O)C3CCCC3)C2)C1. The zero-order chi connectivity index (χ0) is 50.1. The lowest BCUT2D eigenvalue weighted by molar-refractivity contribution is -0.155. The van der Waals surface area contributed by atoms with Crippen molar-refractivity contribution in [3.63, 3.8) is 0 Å². The number of carbonyl (C=O) groups is 4. The average Bonchev–Trinajstić information content (AvgIpc) is 3.91. The number of thiazole rings is 1. The number of nitrogens with one attached hydrogen (secondary N) is 2. The number of esters is 1. The van der Waals surface area contributed by atoms with Crippen LogP contribution in [0.25, 0.3) is 33.4 Å². The van der Waals surface area contributed by atoms with E-state index in [0.29, 0.717) is 43.7 Å². The van der Waals surface area contributed by atoms with Crippen LogP contribution in [0.3, 0.4) is 0 Å². The number of likely N-dealkylation sites (N-methyl/N-ethyl adjacent to an activating group) is 1. The highest BCUT2D eigenvalue weighted by Gasteiger charge is 2.60. The van der Waals surface area contributed by atoms with E-state index in [2.05, 4.69) is 87.3 Å². The van der Waals surface area contributed by atoms with Crippen LogP contribution < -0.4 is 10.7 Å². The summed E-state index contributed by atoms with van der Waals surface area (Å²) in [6.45, 7) is 15.9. The topological polar surface area (TPSA) is 154 Å². The second kappa shape index (κ2) is 19.8. The molecule has 1 aromatic carbocycles. The molecule has 4 aromatic rings. The maximum atomic E-state index is 15.2. The van der Waals surface area contributed by atoms with E-state index in [4.69, 9.17) is 19.4 Å². The summed E-state index contributed by atoms with van der Waals surface area (Å²) in [7, 11) is 1.71. The van der Waals surface area contributed by atoms with Crippen molar-refractivity contribution in [1.29, 1.82) is 0 Å². The lowest BCUT2D eigenvalue weighted by Gasteiger charge is -2.37. The Bertz CT molecular complexity index is 2710.